The molecule has 0 aliphatic rings. The number of hydrogen-bond acceptors (Lipinski definition) is 6. The number of pyridine rings is 1. The maximum absolute atomic E-state index is 13.7. The van der Waals surface area contributed by atoms with Crippen LogP contribution in [-0.2, 0) is 17.2 Å². The van der Waals surface area contributed by atoms with Gasteiger partial charge >= 0.3 is 6.18 Å². The van der Waals surface area contributed by atoms with Gasteiger partial charge in [0.2, 0.25) is 0 Å². The minimum atomic E-state index is -4.70. The van der Waals surface area contributed by atoms with Gasteiger partial charge in [-0.2, -0.15) is 18.4 Å². The minimum absolute atomic E-state index is 0.0481. The zero-order chi connectivity index (χ0) is 22.2. The number of rotatable bonds is 4. The van der Waals surface area contributed by atoms with Gasteiger partial charge in [-0.05, 0) is 30.5 Å². The van der Waals surface area contributed by atoms with Crippen LogP contribution in [0.1, 0.15) is 11.3 Å². The van der Waals surface area contributed by atoms with E-state index in [1.165, 1.54) is 22.3 Å². The van der Waals surface area contributed by atoms with Crippen LogP contribution in [0.5, 0.6) is 0 Å². The molecular weight excluding hydrogens is 447 g/mol. The SMILES string of the molecule is CSc1ncc(C(F)(F)F)c(-c2cn(S(=O)c3ccccc3)c3nc(C#N)ccc23)n1. The summed E-state index contributed by atoms with van der Waals surface area (Å²) in [6.45, 7) is 0. The summed E-state index contributed by atoms with van der Waals surface area (Å²) in [5.74, 6) is 0. The van der Waals surface area contributed by atoms with Crippen LogP contribution in [0.4, 0.5) is 13.2 Å². The molecule has 3 heterocycles. The molecule has 4 rings (SSSR count). The number of alkyl halides is 3. The standard InChI is InChI=1S/C20H12F3N5OS2/c1-30-19-25-10-16(20(21,22)23)17(27-19)15-11-28(31(29)13-5-3-2-4-6-13)18-14(15)8-7-12(9-24)26-18/h2-8,10-11H,1H3. The summed E-state index contributed by atoms with van der Waals surface area (Å²) in [5, 5.41) is 9.67. The molecule has 0 saturated heterocycles. The third kappa shape index (κ3) is 3.92. The monoisotopic (exact) mass is 459 g/mol. The number of nitrogens with zero attached hydrogens (tertiary/aromatic N) is 5. The van der Waals surface area contributed by atoms with E-state index < -0.39 is 22.7 Å². The van der Waals surface area contributed by atoms with Crippen molar-refractivity contribution < 1.29 is 17.4 Å². The van der Waals surface area contributed by atoms with E-state index in [-0.39, 0.29) is 27.8 Å². The van der Waals surface area contributed by atoms with Gasteiger partial charge in [-0.3, -0.25) is 0 Å². The second-order valence-electron chi connectivity index (χ2n) is 6.23. The summed E-state index contributed by atoms with van der Waals surface area (Å²) >= 11 is 1.10. The number of benzene rings is 1. The highest BCUT2D eigenvalue weighted by Crippen LogP contribution is 2.39. The van der Waals surface area contributed by atoms with Crippen molar-refractivity contribution in [3.05, 3.63) is 66.1 Å². The average molecular weight is 459 g/mol. The Morgan fingerprint density at radius 1 is 1.13 bits per heavy atom. The molecular formula is C20H12F3N5OS2. The van der Waals surface area contributed by atoms with E-state index in [0.717, 1.165) is 18.0 Å². The fourth-order valence-corrected chi connectivity index (χ4v) is 4.43. The maximum Gasteiger partial charge on any atom is 0.419 e. The molecule has 0 fully saturated rings. The Kier molecular flexibility index (Phi) is 5.51. The molecule has 4 aromatic rings. The number of fused-ring (bicyclic) bond motifs is 1. The molecule has 0 saturated carbocycles. The summed E-state index contributed by atoms with van der Waals surface area (Å²) in [6.07, 6.45) is -0.980. The lowest BCUT2D eigenvalue weighted by molar-refractivity contribution is -0.137. The van der Waals surface area contributed by atoms with Gasteiger partial charge < -0.3 is 0 Å². The molecule has 0 N–H and O–H groups in total. The molecule has 1 atom stereocenters. The topological polar surface area (TPSA) is 84.5 Å². The summed E-state index contributed by atoms with van der Waals surface area (Å²) in [6, 6.07) is 13.2. The van der Waals surface area contributed by atoms with Gasteiger partial charge in [0.15, 0.2) is 21.8 Å². The van der Waals surface area contributed by atoms with Crippen LogP contribution < -0.4 is 0 Å². The zero-order valence-electron chi connectivity index (χ0n) is 15.8. The number of hydrogen-bond donors (Lipinski definition) is 0. The number of nitriles is 1. The second kappa shape index (κ2) is 8.13. The molecule has 1 aromatic carbocycles. The van der Waals surface area contributed by atoms with E-state index in [0.29, 0.717) is 10.3 Å². The lowest BCUT2D eigenvalue weighted by Gasteiger charge is -2.11. The summed E-state index contributed by atoms with van der Waals surface area (Å²) in [7, 11) is -1.80. The lowest BCUT2D eigenvalue weighted by atomic mass is 10.1. The highest BCUT2D eigenvalue weighted by molar-refractivity contribution is 7.98. The predicted molar refractivity (Wildman–Crippen MR) is 111 cm³/mol. The van der Waals surface area contributed by atoms with Crippen molar-refractivity contribution in [2.75, 3.05) is 6.26 Å². The van der Waals surface area contributed by atoms with Crippen molar-refractivity contribution in [3.8, 4) is 17.3 Å². The first-order chi connectivity index (χ1) is 14.8. The largest absolute Gasteiger partial charge is 0.419 e. The Morgan fingerprint density at radius 2 is 1.87 bits per heavy atom. The van der Waals surface area contributed by atoms with Crippen molar-refractivity contribution in [2.45, 2.75) is 16.2 Å². The first-order valence-corrected chi connectivity index (χ1v) is 11.0. The molecule has 0 spiro atoms. The van der Waals surface area contributed by atoms with Crippen molar-refractivity contribution in [2.24, 2.45) is 0 Å². The number of halogens is 3. The normalized spacial score (nSPS) is 12.6. The van der Waals surface area contributed by atoms with Crippen LogP contribution in [0, 0.1) is 11.3 Å². The molecule has 0 bridgehead atoms. The van der Waals surface area contributed by atoms with E-state index in [1.54, 1.807) is 36.6 Å². The Hall–Kier alpha value is -3.23. The van der Waals surface area contributed by atoms with Crippen LogP contribution in [0.2, 0.25) is 0 Å². The van der Waals surface area contributed by atoms with Gasteiger partial charge in [-0.25, -0.2) is 23.1 Å². The summed E-state index contributed by atoms with van der Waals surface area (Å²) in [4.78, 5) is 12.5. The second-order valence-corrected chi connectivity index (χ2v) is 8.36. The number of aromatic nitrogens is 4. The highest BCUT2D eigenvalue weighted by Gasteiger charge is 2.36. The van der Waals surface area contributed by atoms with Gasteiger partial charge in [0, 0.05) is 23.3 Å². The van der Waals surface area contributed by atoms with Crippen molar-refractivity contribution in [1.29, 1.82) is 5.26 Å². The highest BCUT2D eigenvalue weighted by atomic mass is 32.2. The van der Waals surface area contributed by atoms with E-state index in [9.17, 15) is 22.6 Å². The summed E-state index contributed by atoms with van der Waals surface area (Å²) in [5.41, 5.74) is -1.09. The maximum atomic E-state index is 13.7. The quantitative estimate of drug-likeness (QED) is 0.326. The molecule has 31 heavy (non-hydrogen) atoms. The van der Waals surface area contributed by atoms with Crippen LogP contribution in [0.15, 0.2) is 64.9 Å². The Labute approximate surface area is 181 Å². The summed E-state index contributed by atoms with van der Waals surface area (Å²) < 4.78 is 55.6. The zero-order valence-corrected chi connectivity index (χ0v) is 17.4. The number of thioether (sulfide) groups is 1. The van der Waals surface area contributed by atoms with Crippen LogP contribution in [0.25, 0.3) is 22.3 Å². The van der Waals surface area contributed by atoms with E-state index in [4.69, 9.17) is 0 Å². The first-order valence-electron chi connectivity index (χ1n) is 8.71. The average Bonchev–Trinajstić information content (AvgIpc) is 3.16. The van der Waals surface area contributed by atoms with Crippen molar-refractivity contribution in [1.82, 2.24) is 18.9 Å². The fraction of sp³-hybridized carbons (Fsp3) is 0.100. The van der Waals surface area contributed by atoms with E-state index >= 15 is 0 Å². The Morgan fingerprint density at radius 3 is 2.52 bits per heavy atom. The molecule has 0 aliphatic heterocycles. The molecule has 0 amide bonds. The third-order valence-electron chi connectivity index (χ3n) is 4.37. The van der Waals surface area contributed by atoms with Gasteiger partial charge in [-0.15, -0.1) is 0 Å². The lowest BCUT2D eigenvalue weighted by Crippen LogP contribution is -2.10. The first kappa shape index (κ1) is 21.0. The Bertz CT molecular complexity index is 1350. The predicted octanol–water partition coefficient (Wildman–Crippen LogP) is 4.68. The van der Waals surface area contributed by atoms with Crippen molar-refractivity contribution in [3.63, 3.8) is 0 Å². The smallest absolute Gasteiger partial charge is 0.245 e. The van der Waals surface area contributed by atoms with E-state index in [2.05, 4.69) is 15.0 Å². The fourth-order valence-electron chi connectivity index (χ4n) is 2.98. The van der Waals surface area contributed by atoms with Gasteiger partial charge in [-0.1, -0.05) is 30.0 Å². The molecule has 1 unspecified atom stereocenters. The molecule has 11 heteroatoms. The van der Waals surface area contributed by atoms with E-state index in [1.807, 2.05) is 6.07 Å². The van der Waals surface area contributed by atoms with Crippen LogP contribution in [-0.4, -0.2) is 29.4 Å². The molecule has 6 nitrogen and oxygen atoms in total. The van der Waals surface area contributed by atoms with Gasteiger partial charge in [0.05, 0.1) is 10.6 Å². The minimum Gasteiger partial charge on any atom is -0.245 e. The molecule has 0 radical (unpaired) electrons. The van der Waals surface area contributed by atoms with Gasteiger partial charge in [0.25, 0.3) is 0 Å². The third-order valence-corrected chi connectivity index (χ3v) is 6.24. The van der Waals surface area contributed by atoms with Gasteiger partial charge in [0.1, 0.15) is 17.3 Å². The van der Waals surface area contributed by atoms with Crippen molar-refractivity contribution >= 4 is 33.8 Å². The van der Waals surface area contributed by atoms with Crippen LogP contribution >= 0.6 is 11.8 Å². The Balaban J connectivity index is 2.03. The molecule has 156 valence electrons. The molecule has 0 aliphatic carbocycles. The van der Waals surface area contributed by atoms with Crippen LogP contribution in [0.3, 0.4) is 0 Å². The molecule has 3 aromatic heterocycles.